The molecule has 3 aromatic carbocycles. The fourth-order valence-corrected chi connectivity index (χ4v) is 6.44. The molecule has 4 aromatic rings. The van der Waals surface area contributed by atoms with Crippen molar-refractivity contribution in [2.75, 3.05) is 24.3 Å². The van der Waals surface area contributed by atoms with Gasteiger partial charge in [-0.1, -0.05) is 79.9 Å². The molecule has 1 aliphatic rings. The average Bonchev–Trinajstić information content (AvgIpc) is 3.46. The highest BCUT2D eigenvalue weighted by Gasteiger charge is 2.37. The molecule has 1 heterocycles. The number of aromatic nitrogens is 1. The summed E-state index contributed by atoms with van der Waals surface area (Å²) in [5.41, 5.74) is 9.53. The lowest BCUT2D eigenvalue weighted by Crippen LogP contribution is -2.44. The van der Waals surface area contributed by atoms with Crippen molar-refractivity contribution in [3.63, 3.8) is 0 Å². The van der Waals surface area contributed by atoms with Gasteiger partial charge in [0.1, 0.15) is 16.7 Å². The van der Waals surface area contributed by atoms with Crippen LogP contribution in [0.1, 0.15) is 75.0 Å². The van der Waals surface area contributed by atoms with E-state index in [0.29, 0.717) is 30.0 Å². The van der Waals surface area contributed by atoms with E-state index in [1.54, 1.807) is 37.4 Å². The number of hydrogen-bond acceptors (Lipinski definition) is 7. The van der Waals surface area contributed by atoms with Gasteiger partial charge in [-0.15, -0.1) is 0 Å². The number of nitrogen functional groups attached to an aromatic ring is 1. The van der Waals surface area contributed by atoms with Crippen LogP contribution >= 0.6 is 11.5 Å². The standard InChI is InChI=1S/C35H39N5O4S/c1-23-11-9-10-16-28(23)40(35(43)32-29(36)30(39-45-32)33(41)38-26-14-7-4-8-15-26)31(25-17-19-27(44-2)20-18-25)34(42)37-22-21-24-12-5-3-6-13-24/h3,5-6,9-13,16-20,26,31H,4,7-8,14-15,21-22,36H2,1-2H3,(H,37,42)(H,38,41). The fourth-order valence-electron chi connectivity index (χ4n) is 5.70. The SMILES string of the molecule is COc1ccc(C(C(=O)NCCc2ccccc2)N(C(=O)c2snc(C(=O)NC3CCCCC3)c2N)c2ccccc2C)cc1. The second-order valence-corrected chi connectivity index (χ2v) is 12.0. The van der Waals surface area contributed by atoms with E-state index in [1.165, 1.54) is 4.90 Å². The number of benzene rings is 3. The second-order valence-electron chi connectivity index (χ2n) is 11.2. The third-order valence-electron chi connectivity index (χ3n) is 8.17. The van der Waals surface area contributed by atoms with Crippen LogP contribution in [0.4, 0.5) is 11.4 Å². The van der Waals surface area contributed by atoms with Crippen LogP contribution in [0.25, 0.3) is 0 Å². The molecule has 9 nitrogen and oxygen atoms in total. The number of nitrogens with two attached hydrogens (primary N) is 1. The van der Waals surface area contributed by atoms with Gasteiger partial charge in [-0.05, 0) is 72.6 Å². The van der Waals surface area contributed by atoms with Crippen LogP contribution in [0.5, 0.6) is 5.75 Å². The van der Waals surface area contributed by atoms with Crippen LogP contribution in [-0.2, 0) is 11.2 Å². The molecule has 0 aliphatic heterocycles. The van der Waals surface area contributed by atoms with E-state index in [4.69, 9.17) is 10.5 Å². The molecule has 1 saturated carbocycles. The summed E-state index contributed by atoms with van der Waals surface area (Å²) in [6.45, 7) is 2.26. The lowest BCUT2D eigenvalue weighted by Gasteiger charge is -2.32. The maximum atomic E-state index is 14.6. The molecule has 3 amide bonds. The first-order valence-corrected chi connectivity index (χ1v) is 16.1. The summed E-state index contributed by atoms with van der Waals surface area (Å²) in [6.07, 6.45) is 5.73. The van der Waals surface area contributed by atoms with Gasteiger partial charge in [0, 0.05) is 18.3 Å². The van der Waals surface area contributed by atoms with Gasteiger partial charge in [0.15, 0.2) is 5.69 Å². The number of aryl methyl sites for hydroxylation is 1. The first kappa shape index (κ1) is 31.7. The molecule has 4 N–H and O–H groups in total. The Morgan fingerprint density at radius 3 is 2.36 bits per heavy atom. The van der Waals surface area contributed by atoms with Gasteiger partial charge >= 0.3 is 0 Å². The van der Waals surface area contributed by atoms with Crippen LogP contribution in [0, 0.1) is 6.92 Å². The number of para-hydroxylation sites is 1. The average molecular weight is 626 g/mol. The predicted molar refractivity (Wildman–Crippen MR) is 178 cm³/mol. The molecule has 1 atom stereocenters. The van der Waals surface area contributed by atoms with Crippen molar-refractivity contribution in [1.82, 2.24) is 15.0 Å². The number of nitrogens with zero attached hydrogens (tertiary/aromatic N) is 2. The minimum Gasteiger partial charge on any atom is -0.497 e. The Morgan fingerprint density at radius 1 is 0.978 bits per heavy atom. The van der Waals surface area contributed by atoms with E-state index in [1.807, 2.05) is 55.5 Å². The van der Waals surface area contributed by atoms with Crippen LogP contribution < -0.4 is 26.0 Å². The van der Waals surface area contributed by atoms with E-state index < -0.39 is 11.9 Å². The van der Waals surface area contributed by atoms with Crippen molar-refractivity contribution in [2.45, 2.75) is 57.5 Å². The maximum absolute atomic E-state index is 14.6. The Balaban J connectivity index is 1.50. The Morgan fingerprint density at radius 2 is 1.67 bits per heavy atom. The van der Waals surface area contributed by atoms with Crippen LogP contribution in [0.2, 0.25) is 0 Å². The van der Waals surface area contributed by atoms with E-state index in [2.05, 4.69) is 15.0 Å². The highest BCUT2D eigenvalue weighted by atomic mass is 32.1. The maximum Gasteiger partial charge on any atom is 0.273 e. The molecule has 45 heavy (non-hydrogen) atoms. The first-order valence-electron chi connectivity index (χ1n) is 15.3. The van der Waals surface area contributed by atoms with Crippen molar-refractivity contribution < 1.29 is 19.1 Å². The van der Waals surface area contributed by atoms with Crippen molar-refractivity contribution in [2.24, 2.45) is 0 Å². The molecule has 0 bridgehead atoms. The van der Waals surface area contributed by atoms with Crippen LogP contribution in [0.15, 0.2) is 78.9 Å². The van der Waals surface area contributed by atoms with Crippen LogP contribution in [0.3, 0.4) is 0 Å². The van der Waals surface area contributed by atoms with E-state index in [0.717, 1.165) is 54.8 Å². The number of methoxy groups -OCH3 is 1. The minimum atomic E-state index is -1.05. The smallest absolute Gasteiger partial charge is 0.273 e. The molecule has 1 fully saturated rings. The molecule has 1 aliphatic carbocycles. The number of carbonyl (C=O) groups is 3. The molecular weight excluding hydrogens is 586 g/mol. The number of rotatable bonds is 11. The highest BCUT2D eigenvalue weighted by Crippen LogP contribution is 2.35. The van der Waals surface area contributed by atoms with E-state index in [-0.39, 0.29) is 34.1 Å². The number of nitrogens with one attached hydrogen (secondary N) is 2. The van der Waals surface area contributed by atoms with Crippen molar-refractivity contribution in [1.29, 1.82) is 0 Å². The highest BCUT2D eigenvalue weighted by molar-refractivity contribution is 7.09. The van der Waals surface area contributed by atoms with Gasteiger partial charge in [-0.3, -0.25) is 19.3 Å². The number of anilines is 2. The summed E-state index contributed by atoms with van der Waals surface area (Å²) in [5, 5.41) is 6.08. The molecule has 0 saturated heterocycles. The predicted octanol–water partition coefficient (Wildman–Crippen LogP) is 5.85. The Labute approximate surface area is 268 Å². The summed E-state index contributed by atoms with van der Waals surface area (Å²) >= 11 is 0.870. The van der Waals surface area contributed by atoms with Crippen molar-refractivity contribution >= 4 is 40.6 Å². The number of amides is 3. The zero-order valence-corrected chi connectivity index (χ0v) is 26.4. The number of carbonyl (C=O) groups excluding carboxylic acids is 3. The van der Waals surface area contributed by atoms with Crippen molar-refractivity contribution in [3.05, 3.63) is 106 Å². The van der Waals surface area contributed by atoms with Gasteiger partial charge in [-0.2, -0.15) is 4.37 Å². The molecule has 5 rings (SSSR count). The zero-order chi connectivity index (χ0) is 31.8. The third kappa shape index (κ3) is 7.51. The molecule has 10 heteroatoms. The number of hydrogen-bond donors (Lipinski definition) is 3. The molecule has 1 aromatic heterocycles. The van der Waals surface area contributed by atoms with Gasteiger partial charge in [0.05, 0.1) is 12.8 Å². The Hall–Kier alpha value is -4.70. The normalized spacial score (nSPS) is 13.9. The fraction of sp³-hybridized carbons (Fsp3) is 0.314. The molecule has 1 unspecified atom stereocenters. The first-order chi connectivity index (χ1) is 21.9. The summed E-state index contributed by atoms with van der Waals surface area (Å²) in [7, 11) is 1.57. The number of ether oxygens (including phenoxy) is 1. The van der Waals surface area contributed by atoms with E-state index >= 15 is 0 Å². The van der Waals surface area contributed by atoms with Gasteiger partial charge in [-0.25, -0.2) is 0 Å². The molecule has 0 radical (unpaired) electrons. The van der Waals surface area contributed by atoms with Crippen LogP contribution in [-0.4, -0.2) is 41.8 Å². The molecular formula is C35H39N5O4S. The van der Waals surface area contributed by atoms with Gasteiger partial charge in [0.25, 0.3) is 11.8 Å². The molecule has 0 spiro atoms. The third-order valence-corrected chi connectivity index (χ3v) is 9.02. The summed E-state index contributed by atoms with van der Waals surface area (Å²) in [5.74, 6) is -0.639. The lowest BCUT2D eigenvalue weighted by molar-refractivity contribution is -0.122. The van der Waals surface area contributed by atoms with Gasteiger partial charge in [0.2, 0.25) is 5.91 Å². The van der Waals surface area contributed by atoms with E-state index in [9.17, 15) is 14.4 Å². The quantitative estimate of drug-likeness (QED) is 0.192. The zero-order valence-electron chi connectivity index (χ0n) is 25.6. The van der Waals surface area contributed by atoms with Gasteiger partial charge < -0.3 is 21.1 Å². The Bertz CT molecular complexity index is 1620. The van der Waals surface area contributed by atoms with Crippen molar-refractivity contribution in [3.8, 4) is 5.75 Å². The second kappa shape index (κ2) is 14.9. The monoisotopic (exact) mass is 625 g/mol. The largest absolute Gasteiger partial charge is 0.497 e. The topological polar surface area (TPSA) is 127 Å². The summed E-state index contributed by atoms with van der Waals surface area (Å²) in [4.78, 5) is 43.4. The Kier molecular flexibility index (Phi) is 10.5. The lowest BCUT2D eigenvalue weighted by atomic mass is 9.95. The summed E-state index contributed by atoms with van der Waals surface area (Å²) < 4.78 is 9.68. The summed E-state index contributed by atoms with van der Waals surface area (Å²) in [6, 6.07) is 23.3. The minimum absolute atomic E-state index is 0.00913. The molecule has 234 valence electrons.